The van der Waals surface area contributed by atoms with Gasteiger partial charge in [0.1, 0.15) is 0 Å². The summed E-state index contributed by atoms with van der Waals surface area (Å²) >= 11 is 17.7. The van der Waals surface area contributed by atoms with Gasteiger partial charge in [-0.05, 0) is 25.0 Å². The summed E-state index contributed by atoms with van der Waals surface area (Å²) in [7, 11) is 0. The van der Waals surface area contributed by atoms with Gasteiger partial charge in [0.2, 0.25) is 0 Å². The number of anilines is 1. The topological polar surface area (TPSA) is 59.5 Å². The second kappa shape index (κ2) is 7.20. The van der Waals surface area contributed by atoms with E-state index >= 15 is 0 Å². The van der Waals surface area contributed by atoms with Gasteiger partial charge in [-0.1, -0.05) is 53.0 Å². The lowest BCUT2D eigenvalue weighted by Crippen LogP contribution is -2.39. The molecule has 0 N–H and O–H groups in total. The number of fused-ring (bicyclic) bond motifs is 1. The molecule has 1 aromatic carbocycles. The first-order valence-electron chi connectivity index (χ1n) is 7.50. The minimum Gasteiger partial charge on any atom is -0.448 e. The Morgan fingerprint density at radius 2 is 1.92 bits per heavy atom. The van der Waals surface area contributed by atoms with Crippen LogP contribution in [-0.2, 0) is 16.0 Å². The van der Waals surface area contributed by atoms with Crippen LogP contribution in [-0.4, -0.2) is 29.5 Å². The largest absolute Gasteiger partial charge is 0.448 e. The molecule has 0 saturated carbocycles. The Balaban J connectivity index is 1.74. The molecule has 25 heavy (non-hydrogen) atoms. The van der Waals surface area contributed by atoms with Crippen molar-refractivity contribution in [2.75, 3.05) is 11.4 Å². The van der Waals surface area contributed by atoms with Crippen LogP contribution in [0, 0.1) is 0 Å². The van der Waals surface area contributed by atoms with Crippen LogP contribution in [0.25, 0.3) is 0 Å². The Morgan fingerprint density at radius 1 is 1.20 bits per heavy atom. The van der Waals surface area contributed by atoms with Gasteiger partial charge >= 0.3 is 5.97 Å². The summed E-state index contributed by atoms with van der Waals surface area (Å²) in [5.74, 6) is -1.15. The van der Waals surface area contributed by atoms with Gasteiger partial charge in [0.25, 0.3) is 5.91 Å². The van der Waals surface area contributed by atoms with E-state index in [0.717, 1.165) is 17.7 Å². The van der Waals surface area contributed by atoms with Crippen molar-refractivity contribution in [1.29, 1.82) is 0 Å². The number of amides is 1. The SMILES string of the molecule is CC(OC(=O)c1ncc(Cl)c(Cl)c1Cl)C(=O)N1CCc2ccccc21. The molecule has 2 aromatic rings. The van der Waals surface area contributed by atoms with Crippen molar-refractivity contribution in [3.8, 4) is 0 Å². The predicted molar refractivity (Wildman–Crippen MR) is 96.6 cm³/mol. The molecule has 0 spiro atoms. The maximum absolute atomic E-state index is 12.6. The number of pyridine rings is 1. The fourth-order valence-electron chi connectivity index (χ4n) is 2.64. The maximum atomic E-state index is 12.6. The highest BCUT2D eigenvalue weighted by Crippen LogP contribution is 2.32. The first-order chi connectivity index (χ1) is 11.9. The van der Waals surface area contributed by atoms with E-state index in [1.807, 2.05) is 24.3 Å². The molecule has 5 nitrogen and oxygen atoms in total. The third-order valence-electron chi connectivity index (χ3n) is 3.90. The van der Waals surface area contributed by atoms with Crippen molar-refractivity contribution in [1.82, 2.24) is 4.98 Å². The zero-order chi connectivity index (χ0) is 18.1. The molecule has 130 valence electrons. The van der Waals surface area contributed by atoms with E-state index in [2.05, 4.69) is 4.98 Å². The average Bonchev–Trinajstić information content (AvgIpc) is 3.03. The highest BCUT2D eigenvalue weighted by atomic mass is 35.5. The standard InChI is InChI=1S/C17H13Cl3N2O3/c1-9(16(23)22-7-6-10-4-2-3-5-12(10)22)25-17(24)15-14(20)13(19)11(18)8-21-15/h2-5,8-9H,6-7H2,1H3. The lowest BCUT2D eigenvalue weighted by atomic mass is 10.2. The van der Waals surface area contributed by atoms with E-state index < -0.39 is 12.1 Å². The zero-order valence-corrected chi connectivity index (χ0v) is 15.4. The number of carbonyl (C=O) groups is 2. The maximum Gasteiger partial charge on any atom is 0.359 e. The molecule has 3 rings (SSSR count). The highest BCUT2D eigenvalue weighted by molar-refractivity contribution is 6.48. The Labute approximate surface area is 159 Å². The number of ether oxygens (including phenoxy) is 1. The Bertz CT molecular complexity index is 857. The molecule has 1 aliphatic heterocycles. The van der Waals surface area contributed by atoms with Crippen LogP contribution in [0.1, 0.15) is 23.0 Å². The van der Waals surface area contributed by atoms with Crippen LogP contribution < -0.4 is 4.90 Å². The van der Waals surface area contributed by atoms with Gasteiger partial charge < -0.3 is 9.64 Å². The van der Waals surface area contributed by atoms with E-state index in [4.69, 9.17) is 39.5 Å². The van der Waals surface area contributed by atoms with Crippen LogP contribution in [0.3, 0.4) is 0 Å². The van der Waals surface area contributed by atoms with Gasteiger partial charge in [-0.3, -0.25) is 4.79 Å². The predicted octanol–water partition coefficient (Wildman–Crippen LogP) is 4.18. The van der Waals surface area contributed by atoms with Crippen molar-refractivity contribution in [2.24, 2.45) is 0 Å². The smallest absolute Gasteiger partial charge is 0.359 e. The minimum absolute atomic E-state index is 0.0118. The Kier molecular flexibility index (Phi) is 5.18. The number of nitrogens with zero attached hydrogens (tertiary/aromatic N) is 2. The van der Waals surface area contributed by atoms with E-state index in [9.17, 15) is 9.59 Å². The number of hydrogen-bond donors (Lipinski definition) is 0. The molecular weight excluding hydrogens is 387 g/mol. The van der Waals surface area contributed by atoms with Gasteiger partial charge in [-0.15, -0.1) is 0 Å². The van der Waals surface area contributed by atoms with Gasteiger partial charge in [0.15, 0.2) is 11.8 Å². The van der Waals surface area contributed by atoms with Crippen molar-refractivity contribution in [3.05, 3.63) is 56.8 Å². The van der Waals surface area contributed by atoms with Gasteiger partial charge in [-0.2, -0.15) is 0 Å². The van der Waals surface area contributed by atoms with Gasteiger partial charge in [0.05, 0.1) is 15.1 Å². The molecule has 1 atom stereocenters. The Morgan fingerprint density at radius 3 is 2.68 bits per heavy atom. The highest BCUT2D eigenvalue weighted by Gasteiger charge is 2.31. The normalized spacial score (nSPS) is 14.2. The summed E-state index contributed by atoms with van der Waals surface area (Å²) in [6.45, 7) is 2.05. The fourth-order valence-corrected chi connectivity index (χ4v) is 3.20. The second-order valence-electron chi connectivity index (χ2n) is 5.50. The summed E-state index contributed by atoms with van der Waals surface area (Å²) in [6, 6.07) is 7.62. The average molecular weight is 400 g/mol. The summed E-state index contributed by atoms with van der Waals surface area (Å²) in [4.78, 5) is 30.3. The minimum atomic E-state index is -0.994. The van der Waals surface area contributed by atoms with Crippen molar-refractivity contribution in [3.63, 3.8) is 0 Å². The van der Waals surface area contributed by atoms with Crippen molar-refractivity contribution >= 4 is 52.4 Å². The zero-order valence-electron chi connectivity index (χ0n) is 13.1. The van der Waals surface area contributed by atoms with E-state index in [0.29, 0.717) is 6.54 Å². The number of halogens is 3. The second-order valence-corrected chi connectivity index (χ2v) is 6.66. The van der Waals surface area contributed by atoms with Crippen LogP contribution in [0.15, 0.2) is 30.5 Å². The van der Waals surface area contributed by atoms with E-state index in [1.54, 1.807) is 4.90 Å². The Hall–Kier alpha value is -1.82. The molecule has 0 bridgehead atoms. The molecule has 0 radical (unpaired) electrons. The molecule has 0 saturated heterocycles. The molecule has 2 heterocycles. The molecule has 0 fully saturated rings. The first kappa shape index (κ1) is 18.0. The molecular formula is C17H13Cl3N2O3. The van der Waals surface area contributed by atoms with Crippen LogP contribution >= 0.6 is 34.8 Å². The van der Waals surface area contributed by atoms with Crippen molar-refractivity contribution < 1.29 is 14.3 Å². The summed E-state index contributed by atoms with van der Waals surface area (Å²) in [5.41, 5.74) is 1.74. The number of aromatic nitrogens is 1. The summed E-state index contributed by atoms with van der Waals surface area (Å²) < 4.78 is 5.22. The van der Waals surface area contributed by atoms with Crippen LogP contribution in [0.4, 0.5) is 5.69 Å². The van der Waals surface area contributed by atoms with E-state index in [-0.39, 0.29) is 26.7 Å². The summed E-state index contributed by atoms with van der Waals surface area (Å²) in [5, 5.41) is 0.0316. The number of carbonyl (C=O) groups excluding carboxylic acids is 2. The number of rotatable bonds is 3. The van der Waals surface area contributed by atoms with E-state index in [1.165, 1.54) is 13.1 Å². The molecule has 1 amide bonds. The molecule has 8 heteroatoms. The monoisotopic (exact) mass is 398 g/mol. The van der Waals surface area contributed by atoms with Gasteiger partial charge in [0, 0.05) is 18.4 Å². The fraction of sp³-hybridized carbons (Fsp3) is 0.235. The number of para-hydroxylation sites is 1. The molecule has 0 aliphatic carbocycles. The lowest BCUT2D eigenvalue weighted by Gasteiger charge is -2.21. The van der Waals surface area contributed by atoms with Crippen LogP contribution in [0.2, 0.25) is 15.1 Å². The number of esters is 1. The molecule has 1 aliphatic rings. The van der Waals surface area contributed by atoms with Crippen LogP contribution in [0.5, 0.6) is 0 Å². The quantitative estimate of drug-likeness (QED) is 0.727. The first-order valence-corrected chi connectivity index (χ1v) is 8.63. The third kappa shape index (κ3) is 3.45. The van der Waals surface area contributed by atoms with Crippen molar-refractivity contribution in [2.45, 2.75) is 19.4 Å². The summed E-state index contributed by atoms with van der Waals surface area (Å²) in [6.07, 6.45) is 0.976. The third-order valence-corrected chi connectivity index (χ3v) is 5.14. The number of benzene rings is 1. The lowest BCUT2D eigenvalue weighted by molar-refractivity contribution is -0.126. The molecule has 1 unspecified atom stereocenters. The molecule has 1 aromatic heterocycles. The van der Waals surface area contributed by atoms with Gasteiger partial charge in [-0.25, -0.2) is 9.78 Å². The number of hydrogen-bond acceptors (Lipinski definition) is 4.